The molecule has 4 heteroatoms. The number of rotatable bonds is 5. The van der Waals surface area contributed by atoms with Crippen molar-refractivity contribution >= 4 is 0 Å². The Bertz CT molecular complexity index is 199. The molecule has 0 saturated carbocycles. The number of likely N-dealkylation sites (tertiary alicyclic amines) is 1. The molecule has 2 aliphatic rings. The summed E-state index contributed by atoms with van der Waals surface area (Å²) in [6.45, 7) is 10.8. The summed E-state index contributed by atoms with van der Waals surface area (Å²) in [7, 11) is 0. The predicted molar refractivity (Wildman–Crippen MR) is 70.3 cm³/mol. The molecule has 2 saturated heterocycles. The van der Waals surface area contributed by atoms with E-state index in [-0.39, 0.29) is 0 Å². The second-order valence-electron chi connectivity index (χ2n) is 5.31. The van der Waals surface area contributed by atoms with Crippen LogP contribution in [-0.4, -0.2) is 85.3 Å². The highest BCUT2D eigenvalue weighted by molar-refractivity contribution is 4.73. The van der Waals surface area contributed by atoms with Gasteiger partial charge >= 0.3 is 0 Å². The fraction of sp³-hybridized carbons (Fsp3) is 1.00. The number of hydrogen-bond acceptors (Lipinski definition) is 4. The summed E-state index contributed by atoms with van der Waals surface area (Å²) in [6, 6.07) is 0. The van der Waals surface area contributed by atoms with E-state index in [1.165, 1.54) is 58.5 Å². The van der Waals surface area contributed by atoms with Crippen LogP contribution in [0.3, 0.4) is 0 Å². The van der Waals surface area contributed by atoms with E-state index in [1.807, 2.05) is 0 Å². The number of piperidine rings is 1. The van der Waals surface area contributed by atoms with Gasteiger partial charge in [0.1, 0.15) is 0 Å². The van der Waals surface area contributed by atoms with Gasteiger partial charge in [0.05, 0.1) is 6.61 Å². The Balaban J connectivity index is 1.57. The Morgan fingerprint density at radius 1 is 0.588 bits per heavy atom. The van der Waals surface area contributed by atoms with Crippen LogP contribution in [0, 0.1) is 0 Å². The van der Waals surface area contributed by atoms with Crippen LogP contribution in [0.5, 0.6) is 0 Å². The molecule has 17 heavy (non-hydrogen) atoms. The number of nitrogens with zero attached hydrogens (tertiary/aromatic N) is 3. The van der Waals surface area contributed by atoms with Crippen LogP contribution in [0.1, 0.15) is 19.3 Å². The normalized spacial score (nSPS) is 25.2. The van der Waals surface area contributed by atoms with Crippen molar-refractivity contribution in [2.75, 3.05) is 65.5 Å². The quantitative estimate of drug-likeness (QED) is 0.738. The second kappa shape index (κ2) is 7.31. The molecular formula is C13H27N3O. The van der Waals surface area contributed by atoms with E-state index >= 15 is 0 Å². The Labute approximate surface area is 105 Å². The molecule has 2 heterocycles. The average molecular weight is 241 g/mol. The van der Waals surface area contributed by atoms with Gasteiger partial charge in [-0.25, -0.2) is 0 Å². The molecule has 0 aromatic rings. The van der Waals surface area contributed by atoms with E-state index in [4.69, 9.17) is 5.11 Å². The van der Waals surface area contributed by atoms with Gasteiger partial charge < -0.3 is 10.0 Å². The van der Waals surface area contributed by atoms with Gasteiger partial charge in [-0.1, -0.05) is 6.42 Å². The molecule has 0 amide bonds. The lowest BCUT2D eigenvalue weighted by Crippen LogP contribution is -2.49. The largest absolute Gasteiger partial charge is 0.395 e. The highest BCUT2D eigenvalue weighted by Gasteiger charge is 2.17. The zero-order valence-corrected chi connectivity index (χ0v) is 11.0. The Hall–Kier alpha value is -0.160. The van der Waals surface area contributed by atoms with E-state index < -0.39 is 0 Å². The first-order chi connectivity index (χ1) is 8.38. The fourth-order valence-corrected chi connectivity index (χ4v) is 2.84. The Morgan fingerprint density at radius 3 is 1.59 bits per heavy atom. The molecule has 1 N–H and O–H groups in total. The van der Waals surface area contributed by atoms with Crippen LogP contribution in [-0.2, 0) is 0 Å². The molecule has 0 aliphatic carbocycles. The minimum absolute atomic E-state index is 0.299. The SMILES string of the molecule is OCCN1CCN(CCN2CCCCC2)CC1. The van der Waals surface area contributed by atoms with Gasteiger partial charge in [0.25, 0.3) is 0 Å². The monoisotopic (exact) mass is 241 g/mol. The maximum absolute atomic E-state index is 8.90. The third-order valence-electron chi connectivity index (χ3n) is 4.06. The highest BCUT2D eigenvalue weighted by atomic mass is 16.3. The minimum atomic E-state index is 0.299. The lowest BCUT2D eigenvalue weighted by atomic mass is 10.1. The first-order valence-electron chi connectivity index (χ1n) is 7.16. The molecule has 0 aromatic carbocycles. The summed E-state index contributed by atoms with van der Waals surface area (Å²) in [5.74, 6) is 0. The highest BCUT2D eigenvalue weighted by Crippen LogP contribution is 2.08. The molecule has 0 aromatic heterocycles. The maximum atomic E-state index is 8.90. The molecule has 0 spiro atoms. The first kappa shape index (κ1) is 13.3. The van der Waals surface area contributed by atoms with E-state index in [9.17, 15) is 0 Å². The fourth-order valence-electron chi connectivity index (χ4n) is 2.84. The van der Waals surface area contributed by atoms with Gasteiger partial charge in [0.15, 0.2) is 0 Å². The zero-order valence-electron chi connectivity index (χ0n) is 11.0. The van der Waals surface area contributed by atoms with Gasteiger partial charge in [-0.3, -0.25) is 9.80 Å². The third kappa shape index (κ3) is 4.54. The number of piperazine rings is 1. The molecule has 0 atom stereocenters. The van der Waals surface area contributed by atoms with Crippen LogP contribution in [0.25, 0.3) is 0 Å². The van der Waals surface area contributed by atoms with Crippen LogP contribution in [0.15, 0.2) is 0 Å². The average Bonchev–Trinajstić information content (AvgIpc) is 2.40. The molecule has 2 rings (SSSR count). The minimum Gasteiger partial charge on any atom is -0.395 e. The number of hydrogen-bond donors (Lipinski definition) is 1. The summed E-state index contributed by atoms with van der Waals surface area (Å²) in [5.41, 5.74) is 0. The summed E-state index contributed by atoms with van der Waals surface area (Å²) >= 11 is 0. The number of aliphatic hydroxyl groups excluding tert-OH is 1. The standard InChI is InChI=1S/C13H27N3O/c17-13-12-16-10-8-15(9-11-16)7-6-14-4-2-1-3-5-14/h17H,1-13H2. The van der Waals surface area contributed by atoms with E-state index in [1.54, 1.807) is 0 Å². The molecule has 0 radical (unpaired) electrons. The summed E-state index contributed by atoms with van der Waals surface area (Å²) < 4.78 is 0. The molecule has 2 aliphatic heterocycles. The predicted octanol–water partition coefficient (Wildman–Crippen LogP) is 0.0822. The lowest BCUT2D eigenvalue weighted by Gasteiger charge is -2.36. The van der Waals surface area contributed by atoms with Crippen molar-refractivity contribution in [3.8, 4) is 0 Å². The summed E-state index contributed by atoms with van der Waals surface area (Å²) in [4.78, 5) is 7.55. The van der Waals surface area contributed by atoms with Crippen molar-refractivity contribution in [3.63, 3.8) is 0 Å². The van der Waals surface area contributed by atoms with Crippen molar-refractivity contribution in [1.29, 1.82) is 0 Å². The van der Waals surface area contributed by atoms with Crippen LogP contribution >= 0.6 is 0 Å². The van der Waals surface area contributed by atoms with Gasteiger partial charge in [-0.05, 0) is 25.9 Å². The summed E-state index contributed by atoms with van der Waals surface area (Å²) in [6.07, 6.45) is 4.21. The van der Waals surface area contributed by atoms with Gasteiger partial charge in [0.2, 0.25) is 0 Å². The van der Waals surface area contributed by atoms with Crippen molar-refractivity contribution in [2.24, 2.45) is 0 Å². The van der Waals surface area contributed by atoms with E-state index in [0.717, 1.165) is 19.6 Å². The second-order valence-corrected chi connectivity index (χ2v) is 5.31. The maximum Gasteiger partial charge on any atom is 0.0558 e. The van der Waals surface area contributed by atoms with Crippen molar-refractivity contribution in [2.45, 2.75) is 19.3 Å². The topological polar surface area (TPSA) is 30.0 Å². The Kier molecular flexibility index (Phi) is 5.71. The van der Waals surface area contributed by atoms with Crippen molar-refractivity contribution < 1.29 is 5.11 Å². The number of aliphatic hydroxyl groups is 1. The molecule has 0 unspecified atom stereocenters. The smallest absolute Gasteiger partial charge is 0.0558 e. The van der Waals surface area contributed by atoms with Crippen molar-refractivity contribution in [1.82, 2.24) is 14.7 Å². The first-order valence-corrected chi connectivity index (χ1v) is 7.16. The lowest BCUT2D eigenvalue weighted by molar-refractivity contribution is 0.1000. The molecule has 100 valence electrons. The molecule has 4 nitrogen and oxygen atoms in total. The summed E-state index contributed by atoms with van der Waals surface area (Å²) in [5, 5.41) is 8.90. The zero-order chi connectivity index (χ0) is 11.9. The van der Waals surface area contributed by atoms with Crippen LogP contribution < -0.4 is 0 Å². The molecule has 0 bridgehead atoms. The van der Waals surface area contributed by atoms with Gasteiger partial charge in [0, 0.05) is 45.8 Å². The molecule has 2 fully saturated rings. The van der Waals surface area contributed by atoms with E-state index in [2.05, 4.69) is 14.7 Å². The van der Waals surface area contributed by atoms with Crippen molar-refractivity contribution in [3.05, 3.63) is 0 Å². The third-order valence-corrected chi connectivity index (χ3v) is 4.06. The van der Waals surface area contributed by atoms with Gasteiger partial charge in [-0.2, -0.15) is 0 Å². The van der Waals surface area contributed by atoms with Crippen LogP contribution in [0.2, 0.25) is 0 Å². The van der Waals surface area contributed by atoms with Gasteiger partial charge in [-0.15, -0.1) is 0 Å². The van der Waals surface area contributed by atoms with Crippen LogP contribution in [0.4, 0.5) is 0 Å². The van der Waals surface area contributed by atoms with E-state index in [0.29, 0.717) is 6.61 Å². The number of β-amino-alcohol motifs (C(OH)–C–C–N with tert-alkyl or cyclic N) is 1. The Morgan fingerprint density at radius 2 is 1.06 bits per heavy atom. The molecular weight excluding hydrogens is 214 g/mol.